The topological polar surface area (TPSA) is 201 Å². The summed E-state index contributed by atoms with van der Waals surface area (Å²) in [6, 6.07) is 3.88. The molecule has 0 bridgehead atoms. The Hall–Kier alpha value is -2.49. The van der Waals surface area contributed by atoms with Gasteiger partial charge < -0.3 is 35.5 Å². The molecule has 2 saturated heterocycles. The third kappa shape index (κ3) is 7.73. The first kappa shape index (κ1) is 37.3. The predicted octanol–water partition coefficient (Wildman–Crippen LogP) is -1.63. The van der Waals surface area contributed by atoms with Crippen LogP contribution in [0.1, 0.15) is 69.4 Å². The maximum absolute atomic E-state index is 14.2. The van der Waals surface area contributed by atoms with E-state index in [-0.39, 0.29) is 71.6 Å². The number of hydrogen-bond donors (Lipinski definition) is 5. The molecule has 1 aliphatic carbocycles. The molecule has 2 aromatic rings. The van der Waals surface area contributed by atoms with Gasteiger partial charge in [0.2, 0.25) is 17.7 Å². The number of nitrogens with zero attached hydrogens (tertiary/aromatic N) is 1. The van der Waals surface area contributed by atoms with Gasteiger partial charge in [0, 0.05) is 29.9 Å². The second-order valence-electron chi connectivity index (χ2n) is 14.1. The molecule has 2 aliphatic heterocycles. The molecule has 3 aliphatic rings. The number of piperidine rings is 2. The van der Waals surface area contributed by atoms with Gasteiger partial charge in [0.25, 0.3) is 5.91 Å². The third-order valence-electron chi connectivity index (χ3n) is 10.1. The van der Waals surface area contributed by atoms with Gasteiger partial charge in [-0.3, -0.25) is 19.2 Å². The van der Waals surface area contributed by atoms with Crippen molar-refractivity contribution in [1.29, 1.82) is 0 Å². The SMILES string of the molecule is Cc1cccc2[nH]c(C(=O)N[C@@H](CC(C)C)C(=O)N3C[C@H]4[C@@H]([C@H]3C(=O)N[C@@H](C[C@@H]3CCCNC3=O)C(O)S(=O)(=O)[O-])C4(C)C)cc12.[Na+]. The Morgan fingerprint density at radius 3 is 2.51 bits per heavy atom. The molecule has 4 amide bonds. The molecule has 252 valence electrons. The van der Waals surface area contributed by atoms with Crippen LogP contribution in [0.4, 0.5) is 0 Å². The summed E-state index contributed by atoms with van der Waals surface area (Å²) < 4.78 is 35.6. The molecule has 1 aromatic heterocycles. The normalized spacial score (nSPS) is 25.3. The molecule has 0 spiro atoms. The fraction of sp³-hybridized carbons (Fsp3) is 0.625. The van der Waals surface area contributed by atoms with E-state index in [4.69, 9.17) is 0 Å². The maximum atomic E-state index is 14.2. The number of aromatic amines is 1. The molecular weight excluding hydrogens is 637 g/mol. The van der Waals surface area contributed by atoms with E-state index in [1.807, 2.05) is 52.8 Å². The molecule has 15 heteroatoms. The Kier molecular flexibility index (Phi) is 11.2. The minimum Gasteiger partial charge on any atom is -0.746 e. The quantitative estimate of drug-likeness (QED) is 0.138. The van der Waals surface area contributed by atoms with Crippen molar-refractivity contribution in [3.05, 3.63) is 35.5 Å². The van der Waals surface area contributed by atoms with Crippen LogP contribution in [0, 0.1) is 36.0 Å². The molecule has 1 aromatic carbocycles. The molecular formula is C32H44N5NaO8S. The van der Waals surface area contributed by atoms with E-state index in [1.54, 1.807) is 6.07 Å². The van der Waals surface area contributed by atoms with Gasteiger partial charge in [0.15, 0.2) is 5.44 Å². The van der Waals surface area contributed by atoms with Crippen LogP contribution in [0.3, 0.4) is 0 Å². The number of likely N-dealkylation sites (tertiary alicyclic amines) is 1. The summed E-state index contributed by atoms with van der Waals surface area (Å²) in [7, 11) is -5.25. The van der Waals surface area contributed by atoms with Crippen LogP contribution in [0.5, 0.6) is 0 Å². The molecule has 47 heavy (non-hydrogen) atoms. The van der Waals surface area contributed by atoms with Crippen molar-refractivity contribution in [2.24, 2.45) is 29.1 Å². The summed E-state index contributed by atoms with van der Waals surface area (Å²) >= 11 is 0. The Bertz CT molecular complexity index is 1640. The zero-order chi connectivity index (χ0) is 33.7. The average Bonchev–Trinajstić information content (AvgIpc) is 3.35. The Labute approximate surface area is 297 Å². The van der Waals surface area contributed by atoms with Gasteiger partial charge in [-0.05, 0) is 73.5 Å². The number of aliphatic hydroxyl groups excluding tert-OH is 1. The molecule has 7 atom stereocenters. The van der Waals surface area contributed by atoms with E-state index in [1.165, 1.54) is 4.90 Å². The molecule has 3 heterocycles. The van der Waals surface area contributed by atoms with Crippen LogP contribution in [-0.4, -0.2) is 88.2 Å². The number of carbonyl (C=O) groups excluding carboxylic acids is 4. The number of fused-ring (bicyclic) bond motifs is 2. The molecule has 1 saturated carbocycles. The minimum absolute atomic E-state index is 0. The smallest absolute Gasteiger partial charge is 0.746 e. The molecule has 0 radical (unpaired) electrons. The molecule has 13 nitrogen and oxygen atoms in total. The number of hydrogen-bond acceptors (Lipinski definition) is 8. The minimum atomic E-state index is -5.25. The average molecular weight is 682 g/mol. The molecule has 5 N–H and O–H groups in total. The number of aryl methyl sites for hydroxylation is 1. The van der Waals surface area contributed by atoms with Crippen LogP contribution < -0.4 is 45.5 Å². The van der Waals surface area contributed by atoms with E-state index >= 15 is 0 Å². The van der Waals surface area contributed by atoms with Crippen molar-refractivity contribution >= 4 is 44.6 Å². The number of benzene rings is 1. The summed E-state index contributed by atoms with van der Waals surface area (Å²) in [5.74, 6) is -2.94. The van der Waals surface area contributed by atoms with E-state index in [9.17, 15) is 37.3 Å². The molecule has 1 unspecified atom stereocenters. The van der Waals surface area contributed by atoms with Gasteiger partial charge >= 0.3 is 29.6 Å². The number of aromatic nitrogens is 1. The first-order chi connectivity index (χ1) is 21.5. The second-order valence-corrected chi connectivity index (χ2v) is 15.6. The number of rotatable bonds is 11. The molecule has 3 fully saturated rings. The summed E-state index contributed by atoms with van der Waals surface area (Å²) in [5, 5.41) is 19.5. The van der Waals surface area contributed by atoms with Crippen molar-refractivity contribution in [2.45, 2.75) is 83.9 Å². The summed E-state index contributed by atoms with van der Waals surface area (Å²) in [4.78, 5) is 58.5. The van der Waals surface area contributed by atoms with Gasteiger partial charge in [-0.2, -0.15) is 0 Å². The monoisotopic (exact) mass is 681 g/mol. The molecule has 5 rings (SSSR count). The van der Waals surface area contributed by atoms with Crippen LogP contribution in [0.2, 0.25) is 0 Å². The number of nitrogens with one attached hydrogen (secondary N) is 4. The van der Waals surface area contributed by atoms with E-state index in [2.05, 4.69) is 20.9 Å². The zero-order valence-electron chi connectivity index (χ0n) is 27.8. The fourth-order valence-electron chi connectivity index (χ4n) is 7.45. The maximum Gasteiger partial charge on any atom is 1.00 e. The number of aliphatic hydroxyl groups is 1. The van der Waals surface area contributed by atoms with Crippen LogP contribution in [-0.2, 0) is 24.5 Å². The Balaban J connectivity index is 0.00000500. The summed E-state index contributed by atoms with van der Waals surface area (Å²) in [6.45, 7) is 10.5. The van der Waals surface area contributed by atoms with Gasteiger partial charge in [-0.25, -0.2) is 8.42 Å². The first-order valence-electron chi connectivity index (χ1n) is 15.9. The van der Waals surface area contributed by atoms with Gasteiger partial charge in [-0.1, -0.05) is 39.8 Å². The van der Waals surface area contributed by atoms with E-state index < -0.39 is 57.3 Å². The largest absolute Gasteiger partial charge is 1.00 e. The van der Waals surface area contributed by atoms with Crippen molar-refractivity contribution < 1.29 is 66.8 Å². The Morgan fingerprint density at radius 1 is 1.19 bits per heavy atom. The van der Waals surface area contributed by atoms with Crippen molar-refractivity contribution in [3.63, 3.8) is 0 Å². The predicted molar refractivity (Wildman–Crippen MR) is 168 cm³/mol. The van der Waals surface area contributed by atoms with Crippen LogP contribution in [0.25, 0.3) is 10.9 Å². The third-order valence-corrected chi connectivity index (χ3v) is 11.0. The van der Waals surface area contributed by atoms with Crippen LogP contribution >= 0.6 is 0 Å². The number of H-pyrrole nitrogens is 1. The standard InChI is InChI=1S/C32H45N5O8S.Na/c1-16(2)12-23(35-28(39)22-14-19-17(3)8-6-10-21(19)34-22)30(41)37-15-20-25(32(20,4)5)26(37)29(40)36-24(31(42)46(43,44)45)13-18-9-7-11-33-27(18)38;/h6,8,10,14,16,18,20,23-26,31,34,42H,7,9,11-13,15H2,1-5H3,(H,33,38)(H,35,39)(H,36,40)(H,43,44,45);/q;+1/p-1/t18-,20-,23-,24-,25-,26-,31?;/m0./s1. The summed E-state index contributed by atoms with van der Waals surface area (Å²) in [5.41, 5.74) is -0.689. The van der Waals surface area contributed by atoms with Crippen LogP contribution in [0.15, 0.2) is 24.3 Å². The zero-order valence-corrected chi connectivity index (χ0v) is 30.6. The number of amides is 4. The number of carbonyl (C=O) groups is 4. The second kappa shape index (κ2) is 14.2. The first-order valence-corrected chi connectivity index (χ1v) is 17.4. The van der Waals surface area contributed by atoms with Gasteiger partial charge in [0.1, 0.15) is 27.9 Å². The van der Waals surface area contributed by atoms with Crippen molar-refractivity contribution in [1.82, 2.24) is 25.8 Å². The van der Waals surface area contributed by atoms with Crippen molar-refractivity contribution in [3.8, 4) is 0 Å². The fourth-order valence-corrected chi connectivity index (χ4v) is 8.04. The van der Waals surface area contributed by atoms with E-state index in [0.29, 0.717) is 31.5 Å². The van der Waals surface area contributed by atoms with Gasteiger partial charge in [0.05, 0.1) is 6.04 Å². The Morgan fingerprint density at radius 2 is 1.89 bits per heavy atom. The van der Waals surface area contributed by atoms with Gasteiger partial charge in [-0.15, -0.1) is 0 Å². The van der Waals surface area contributed by atoms with E-state index in [0.717, 1.165) is 16.5 Å². The summed E-state index contributed by atoms with van der Waals surface area (Å²) in [6.07, 6.45) is 1.08. The van der Waals surface area contributed by atoms with Crippen molar-refractivity contribution in [2.75, 3.05) is 13.1 Å².